The lowest BCUT2D eigenvalue weighted by molar-refractivity contribution is -0.142. The average Bonchev–Trinajstić information content (AvgIpc) is 2.83. The van der Waals surface area contributed by atoms with E-state index in [9.17, 15) is 13.2 Å². The molecule has 1 atom stereocenters. The zero-order valence-electron chi connectivity index (χ0n) is 9.04. The Kier molecular flexibility index (Phi) is 3.16. The van der Waals surface area contributed by atoms with Gasteiger partial charge in [0.05, 0.1) is 6.20 Å². The molecule has 0 radical (unpaired) electrons. The summed E-state index contributed by atoms with van der Waals surface area (Å²) >= 11 is 0. The average molecular weight is 259 g/mol. The van der Waals surface area contributed by atoms with Gasteiger partial charge in [-0.1, -0.05) is 0 Å². The minimum absolute atomic E-state index is 0.0642. The third-order valence-corrected chi connectivity index (χ3v) is 4.64. The van der Waals surface area contributed by atoms with E-state index >= 15 is 0 Å². The van der Waals surface area contributed by atoms with E-state index in [1.165, 1.54) is 12.3 Å². The zero-order chi connectivity index (χ0) is 12.5. The standard InChI is InChI=1S/C9H13N3O4S/c13-9(14)7-3-1-2-6-12(7)17(15,16)8-4-5-10-11-8/h4-5,7H,1-3,6H2,(H,10,11)(H,13,14). The highest BCUT2D eigenvalue weighted by Crippen LogP contribution is 2.24. The first-order chi connectivity index (χ1) is 8.03. The lowest BCUT2D eigenvalue weighted by atomic mass is 10.1. The number of aromatic nitrogens is 2. The molecule has 7 nitrogen and oxygen atoms in total. The molecular weight excluding hydrogens is 246 g/mol. The van der Waals surface area contributed by atoms with Crippen LogP contribution in [0.25, 0.3) is 0 Å². The van der Waals surface area contributed by atoms with Gasteiger partial charge in [-0.2, -0.15) is 9.40 Å². The lowest BCUT2D eigenvalue weighted by Crippen LogP contribution is -2.47. The van der Waals surface area contributed by atoms with Gasteiger partial charge in [-0.25, -0.2) is 8.42 Å². The molecule has 1 unspecified atom stereocenters. The van der Waals surface area contributed by atoms with Gasteiger partial charge in [0.15, 0.2) is 5.03 Å². The van der Waals surface area contributed by atoms with Crippen LogP contribution in [0, 0.1) is 0 Å². The number of carbonyl (C=O) groups is 1. The largest absolute Gasteiger partial charge is 0.480 e. The van der Waals surface area contributed by atoms with E-state index in [1.54, 1.807) is 0 Å². The number of rotatable bonds is 3. The molecule has 1 aliphatic rings. The zero-order valence-corrected chi connectivity index (χ0v) is 9.85. The molecule has 0 aromatic carbocycles. The molecule has 0 aliphatic carbocycles. The van der Waals surface area contributed by atoms with Crippen molar-refractivity contribution in [2.45, 2.75) is 30.3 Å². The molecule has 1 fully saturated rings. The molecule has 0 spiro atoms. The van der Waals surface area contributed by atoms with Gasteiger partial charge in [-0.3, -0.25) is 9.89 Å². The Morgan fingerprint density at radius 3 is 2.88 bits per heavy atom. The first-order valence-electron chi connectivity index (χ1n) is 5.27. The summed E-state index contributed by atoms with van der Waals surface area (Å²) in [6.45, 7) is 0.234. The second-order valence-electron chi connectivity index (χ2n) is 3.89. The smallest absolute Gasteiger partial charge is 0.322 e. The second kappa shape index (κ2) is 4.46. The molecule has 2 N–H and O–H groups in total. The molecule has 1 saturated heterocycles. The first-order valence-corrected chi connectivity index (χ1v) is 6.71. The Balaban J connectivity index is 2.34. The molecule has 17 heavy (non-hydrogen) atoms. The number of carboxylic acids is 1. The highest BCUT2D eigenvalue weighted by molar-refractivity contribution is 7.89. The Hall–Kier alpha value is -1.41. The van der Waals surface area contributed by atoms with E-state index in [0.717, 1.165) is 10.7 Å². The van der Waals surface area contributed by atoms with Gasteiger partial charge in [0.25, 0.3) is 10.0 Å². The van der Waals surface area contributed by atoms with Gasteiger partial charge in [0, 0.05) is 6.54 Å². The number of carboxylic acid groups (broad SMARTS) is 1. The second-order valence-corrected chi connectivity index (χ2v) is 5.75. The van der Waals surface area contributed by atoms with E-state index in [-0.39, 0.29) is 11.6 Å². The lowest BCUT2D eigenvalue weighted by Gasteiger charge is -2.31. The van der Waals surface area contributed by atoms with Crippen LogP contribution in [0.1, 0.15) is 19.3 Å². The number of hydrogen-bond acceptors (Lipinski definition) is 4. The SMILES string of the molecule is O=C(O)C1CCCCN1S(=O)(=O)c1ccn[nH]1. The molecular formula is C9H13N3O4S. The summed E-state index contributed by atoms with van der Waals surface area (Å²) in [5, 5.41) is 14.9. The van der Waals surface area contributed by atoms with Gasteiger partial charge in [0.2, 0.25) is 0 Å². The minimum atomic E-state index is -3.78. The van der Waals surface area contributed by atoms with Crippen LogP contribution in [0.2, 0.25) is 0 Å². The van der Waals surface area contributed by atoms with Crippen LogP contribution in [-0.2, 0) is 14.8 Å². The fourth-order valence-corrected chi connectivity index (χ4v) is 3.51. The highest BCUT2D eigenvalue weighted by Gasteiger charge is 2.38. The Morgan fingerprint density at radius 1 is 1.53 bits per heavy atom. The van der Waals surface area contributed by atoms with Crippen molar-refractivity contribution in [3.63, 3.8) is 0 Å². The van der Waals surface area contributed by atoms with Crippen molar-refractivity contribution < 1.29 is 18.3 Å². The van der Waals surface area contributed by atoms with E-state index < -0.39 is 22.0 Å². The van der Waals surface area contributed by atoms with E-state index in [4.69, 9.17) is 5.11 Å². The summed E-state index contributed by atoms with van der Waals surface area (Å²) in [7, 11) is -3.78. The van der Waals surface area contributed by atoms with Gasteiger partial charge in [-0.05, 0) is 25.3 Å². The third-order valence-electron chi connectivity index (χ3n) is 2.80. The molecule has 1 aromatic rings. The Labute approximate surface area is 98.5 Å². The number of piperidine rings is 1. The number of nitrogens with one attached hydrogen (secondary N) is 1. The maximum atomic E-state index is 12.2. The summed E-state index contributed by atoms with van der Waals surface area (Å²) in [4.78, 5) is 11.0. The van der Waals surface area contributed by atoms with Crippen molar-refractivity contribution in [3.8, 4) is 0 Å². The van der Waals surface area contributed by atoms with Crippen LogP contribution in [0.3, 0.4) is 0 Å². The van der Waals surface area contributed by atoms with Crippen LogP contribution in [-0.4, -0.2) is 46.6 Å². The third kappa shape index (κ3) is 2.18. The van der Waals surface area contributed by atoms with Crippen molar-refractivity contribution in [1.29, 1.82) is 0 Å². The van der Waals surface area contributed by atoms with Crippen LogP contribution in [0.15, 0.2) is 17.3 Å². The summed E-state index contributed by atoms with van der Waals surface area (Å²) < 4.78 is 25.3. The van der Waals surface area contributed by atoms with E-state index in [2.05, 4.69) is 10.2 Å². The number of H-pyrrole nitrogens is 1. The molecule has 8 heteroatoms. The Bertz CT molecular complexity index is 496. The van der Waals surface area contributed by atoms with Crippen LogP contribution in [0.4, 0.5) is 0 Å². The fourth-order valence-electron chi connectivity index (χ4n) is 1.95. The van der Waals surface area contributed by atoms with Crippen molar-refractivity contribution >= 4 is 16.0 Å². The normalized spacial score (nSPS) is 22.5. The fraction of sp³-hybridized carbons (Fsp3) is 0.556. The van der Waals surface area contributed by atoms with Crippen LogP contribution in [0.5, 0.6) is 0 Å². The predicted molar refractivity (Wildman–Crippen MR) is 57.8 cm³/mol. The summed E-state index contributed by atoms with van der Waals surface area (Å²) in [6, 6.07) is 0.347. The maximum absolute atomic E-state index is 12.2. The minimum Gasteiger partial charge on any atom is -0.480 e. The first kappa shape index (κ1) is 12.1. The van der Waals surface area contributed by atoms with Crippen molar-refractivity contribution in [2.75, 3.05) is 6.54 Å². The molecule has 2 heterocycles. The Morgan fingerprint density at radius 2 is 2.29 bits per heavy atom. The number of hydrogen-bond donors (Lipinski definition) is 2. The van der Waals surface area contributed by atoms with Gasteiger partial charge >= 0.3 is 5.97 Å². The molecule has 0 bridgehead atoms. The van der Waals surface area contributed by atoms with E-state index in [1.807, 2.05) is 0 Å². The van der Waals surface area contributed by atoms with Gasteiger partial charge in [0.1, 0.15) is 6.04 Å². The maximum Gasteiger partial charge on any atom is 0.322 e. The predicted octanol–water partition coefficient (Wildman–Crippen LogP) is 0.0375. The molecule has 2 rings (SSSR count). The number of aliphatic carboxylic acids is 1. The highest BCUT2D eigenvalue weighted by atomic mass is 32.2. The summed E-state index contributed by atoms with van der Waals surface area (Å²) in [5.41, 5.74) is 0. The summed E-state index contributed by atoms with van der Waals surface area (Å²) in [6.07, 6.45) is 3.08. The molecule has 1 aromatic heterocycles. The van der Waals surface area contributed by atoms with Gasteiger partial charge in [-0.15, -0.1) is 0 Å². The number of nitrogens with zero attached hydrogens (tertiary/aromatic N) is 2. The molecule has 0 saturated carbocycles. The van der Waals surface area contributed by atoms with Crippen molar-refractivity contribution in [2.24, 2.45) is 0 Å². The van der Waals surface area contributed by atoms with Crippen molar-refractivity contribution in [3.05, 3.63) is 12.3 Å². The van der Waals surface area contributed by atoms with Crippen LogP contribution < -0.4 is 0 Å². The summed E-state index contributed by atoms with van der Waals surface area (Å²) in [5.74, 6) is -1.10. The topological polar surface area (TPSA) is 103 Å². The van der Waals surface area contributed by atoms with E-state index in [0.29, 0.717) is 12.8 Å². The van der Waals surface area contributed by atoms with Crippen molar-refractivity contribution in [1.82, 2.24) is 14.5 Å². The molecule has 1 aliphatic heterocycles. The van der Waals surface area contributed by atoms with Crippen LogP contribution >= 0.6 is 0 Å². The molecule has 94 valence electrons. The number of sulfonamides is 1. The quantitative estimate of drug-likeness (QED) is 0.797. The molecule has 0 amide bonds. The van der Waals surface area contributed by atoms with Gasteiger partial charge < -0.3 is 5.11 Å². The number of aromatic amines is 1. The monoisotopic (exact) mass is 259 g/mol.